The average Bonchev–Trinajstić information content (AvgIpc) is 3.15. The van der Waals surface area contributed by atoms with E-state index >= 15 is 0 Å². The second-order valence-electron chi connectivity index (χ2n) is 5.05. The molecule has 0 spiro atoms. The lowest BCUT2D eigenvalue weighted by Crippen LogP contribution is -2.29. The fourth-order valence-electron chi connectivity index (χ4n) is 2.35. The highest BCUT2D eigenvalue weighted by molar-refractivity contribution is 6.17. The van der Waals surface area contributed by atoms with Crippen molar-refractivity contribution >= 4 is 23.6 Å². The Morgan fingerprint density at radius 2 is 1.91 bits per heavy atom. The second-order valence-corrected chi connectivity index (χ2v) is 5.05. The van der Waals surface area contributed by atoms with Gasteiger partial charge in [0.2, 0.25) is 12.8 Å². The van der Waals surface area contributed by atoms with E-state index in [0.717, 1.165) is 11.3 Å². The minimum absolute atomic E-state index is 0.221. The zero-order valence-electron chi connectivity index (χ0n) is 12.1. The molecule has 0 saturated carbocycles. The van der Waals surface area contributed by atoms with E-state index in [2.05, 4.69) is 15.6 Å². The van der Waals surface area contributed by atoms with Crippen molar-refractivity contribution in [2.45, 2.75) is 0 Å². The monoisotopic (exact) mass is 307 g/mol. The van der Waals surface area contributed by atoms with Crippen LogP contribution in [0, 0.1) is 0 Å². The third-order valence-corrected chi connectivity index (χ3v) is 3.43. The summed E-state index contributed by atoms with van der Waals surface area (Å²) >= 11 is 0. The number of hydrogen-bond acceptors (Lipinski definition) is 5. The molecular weight excluding hydrogens is 294 g/mol. The number of ether oxygens (including phenoxy) is 2. The normalized spacial score (nSPS) is 17.1. The number of aliphatic imine (C=N–C) groups is 1. The summed E-state index contributed by atoms with van der Waals surface area (Å²) in [6.07, 6.45) is 1.71. The Hall–Kier alpha value is -3.28. The van der Waals surface area contributed by atoms with Gasteiger partial charge < -0.3 is 14.8 Å². The maximum Gasteiger partial charge on any atom is 0.276 e. The topological polar surface area (TPSA) is 72.0 Å². The Morgan fingerprint density at radius 1 is 1.09 bits per heavy atom. The number of nitrogens with one attached hydrogen (secondary N) is 2. The van der Waals surface area contributed by atoms with E-state index in [-0.39, 0.29) is 12.7 Å². The summed E-state index contributed by atoms with van der Waals surface area (Å²) in [5.41, 5.74) is 2.02. The number of nitrogens with zero attached hydrogens (tertiary/aromatic N) is 1. The Balaban J connectivity index is 1.57. The molecule has 6 nitrogen and oxygen atoms in total. The summed E-state index contributed by atoms with van der Waals surface area (Å²) in [6.45, 7) is 0.221. The van der Waals surface area contributed by atoms with Gasteiger partial charge in [-0.2, -0.15) is 0 Å². The van der Waals surface area contributed by atoms with Crippen LogP contribution in [0.4, 0.5) is 5.69 Å². The van der Waals surface area contributed by atoms with Crippen molar-refractivity contribution < 1.29 is 14.3 Å². The van der Waals surface area contributed by atoms with Crippen LogP contribution in [0.3, 0.4) is 0 Å². The molecule has 2 aliphatic heterocycles. The van der Waals surface area contributed by atoms with Crippen molar-refractivity contribution in [1.29, 1.82) is 0 Å². The Labute approximate surface area is 132 Å². The van der Waals surface area contributed by atoms with E-state index in [1.807, 2.05) is 48.5 Å². The first kappa shape index (κ1) is 13.4. The molecule has 23 heavy (non-hydrogen) atoms. The Bertz CT molecular complexity index is 828. The maximum absolute atomic E-state index is 12.0. The minimum atomic E-state index is -0.249. The van der Waals surface area contributed by atoms with Crippen LogP contribution >= 0.6 is 0 Å². The summed E-state index contributed by atoms with van der Waals surface area (Å²) < 4.78 is 10.6. The van der Waals surface area contributed by atoms with Gasteiger partial charge in [-0.15, -0.1) is 0 Å². The Kier molecular flexibility index (Phi) is 3.20. The summed E-state index contributed by atoms with van der Waals surface area (Å²) in [7, 11) is 0. The van der Waals surface area contributed by atoms with E-state index in [1.54, 1.807) is 6.08 Å². The lowest BCUT2D eigenvalue weighted by atomic mass is 10.1. The summed E-state index contributed by atoms with van der Waals surface area (Å²) in [5.74, 6) is 1.54. The summed E-state index contributed by atoms with van der Waals surface area (Å²) in [4.78, 5) is 16.3. The molecule has 4 rings (SSSR count). The van der Waals surface area contributed by atoms with Crippen LogP contribution in [0.2, 0.25) is 0 Å². The molecule has 6 heteroatoms. The average molecular weight is 307 g/mol. The van der Waals surface area contributed by atoms with Gasteiger partial charge in [-0.05, 0) is 35.9 Å². The number of fused-ring (bicyclic) bond motifs is 1. The van der Waals surface area contributed by atoms with E-state index in [0.29, 0.717) is 23.2 Å². The van der Waals surface area contributed by atoms with Crippen LogP contribution in [0.15, 0.2) is 59.2 Å². The third-order valence-electron chi connectivity index (χ3n) is 3.43. The van der Waals surface area contributed by atoms with Crippen LogP contribution < -0.4 is 20.1 Å². The van der Waals surface area contributed by atoms with Crippen molar-refractivity contribution in [3.05, 3.63) is 59.8 Å². The quantitative estimate of drug-likeness (QED) is 0.836. The molecule has 2 aromatic carbocycles. The van der Waals surface area contributed by atoms with Gasteiger partial charge in [0, 0.05) is 5.69 Å². The molecule has 0 bridgehead atoms. The number of amides is 1. The largest absolute Gasteiger partial charge is 0.454 e. The fourth-order valence-corrected chi connectivity index (χ4v) is 2.35. The summed E-state index contributed by atoms with van der Waals surface area (Å²) in [5, 5.41) is 5.76. The number of carbonyl (C=O) groups excluding carboxylic acids is 1. The molecule has 2 aliphatic rings. The molecule has 2 N–H and O–H groups in total. The summed E-state index contributed by atoms with van der Waals surface area (Å²) in [6, 6.07) is 15.0. The SMILES string of the molecule is O=C1NC(Nc2ccccc2)=N/C1=C/c1ccc2c(c1)OCO2. The smallest absolute Gasteiger partial charge is 0.276 e. The number of anilines is 1. The van der Waals surface area contributed by atoms with E-state index in [4.69, 9.17) is 9.47 Å². The highest BCUT2D eigenvalue weighted by atomic mass is 16.7. The highest BCUT2D eigenvalue weighted by Crippen LogP contribution is 2.33. The lowest BCUT2D eigenvalue weighted by Gasteiger charge is -2.03. The van der Waals surface area contributed by atoms with Crippen molar-refractivity contribution in [1.82, 2.24) is 5.32 Å². The molecule has 0 unspecified atom stereocenters. The zero-order chi connectivity index (χ0) is 15.6. The molecular formula is C17H13N3O3. The standard InChI is InChI=1S/C17H13N3O3/c21-16-13(8-11-6-7-14-15(9-11)23-10-22-14)19-17(20-16)18-12-4-2-1-3-5-12/h1-9H,10H2,(H2,18,19,20,21)/b13-8+. The molecule has 0 aliphatic carbocycles. The van der Waals surface area contributed by atoms with Crippen molar-refractivity contribution in [3.8, 4) is 11.5 Å². The number of rotatable bonds is 2. The molecule has 1 amide bonds. The van der Waals surface area contributed by atoms with Gasteiger partial charge in [0.05, 0.1) is 0 Å². The van der Waals surface area contributed by atoms with E-state index < -0.39 is 0 Å². The van der Waals surface area contributed by atoms with Gasteiger partial charge in [0.1, 0.15) is 5.70 Å². The van der Waals surface area contributed by atoms with Gasteiger partial charge in [-0.3, -0.25) is 10.1 Å². The van der Waals surface area contributed by atoms with Crippen molar-refractivity contribution in [3.63, 3.8) is 0 Å². The van der Waals surface area contributed by atoms with Gasteiger partial charge in [-0.25, -0.2) is 4.99 Å². The predicted molar refractivity (Wildman–Crippen MR) is 86.2 cm³/mol. The minimum Gasteiger partial charge on any atom is -0.454 e. The van der Waals surface area contributed by atoms with Crippen LogP contribution in [0.5, 0.6) is 11.5 Å². The first-order valence-corrected chi connectivity index (χ1v) is 7.11. The fraction of sp³-hybridized carbons (Fsp3) is 0.0588. The number of para-hydroxylation sites is 1. The van der Waals surface area contributed by atoms with Crippen molar-refractivity contribution in [2.24, 2.45) is 4.99 Å². The van der Waals surface area contributed by atoms with Gasteiger partial charge in [0.15, 0.2) is 11.5 Å². The molecule has 2 heterocycles. The van der Waals surface area contributed by atoms with E-state index in [9.17, 15) is 4.79 Å². The third kappa shape index (κ3) is 2.74. The van der Waals surface area contributed by atoms with Crippen LogP contribution in [-0.2, 0) is 4.79 Å². The van der Waals surface area contributed by atoms with Crippen LogP contribution in [-0.4, -0.2) is 18.7 Å². The number of hydrogen-bond donors (Lipinski definition) is 2. The molecule has 0 saturated heterocycles. The predicted octanol–water partition coefficient (Wildman–Crippen LogP) is 2.35. The Morgan fingerprint density at radius 3 is 2.78 bits per heavy atom. The molecule has 0 radical (unpaired) electrons. The van der Waals surface area contributed by atoms with Gasteiger partial charge in [-0.1, -0.05) is 24.3 Å². The lowest BCUT2D eigenvalue weighted by molar-refractivity contribution is -0.115. The number of benzene rings is 2. The molecule has 0 atom stereocenters. The van der Waals surface area contributed by atoms with Crippen LogP contribution in [0.25, 0.3) is 6.08 Å². The molecule has 114 valence electrons. The number of guanidine groups is 1. The second kappa shape index (κ2) is 5.49. The first-order chi connectivity index (χ1) is 11.3. The first-order valence-electron chi connectivity index (χ1n) is 7.11. The number of carbonyl (C=O) groups is 1. The van der Waals surface area contributed by atoms with E-state index in [1.165, 1.54) is 0 Å². The molecule has 2 aromatic rings. The van der Waals surface area contributed by atoms with Gasteiger partial charge in [0.25, 0.3) is 5.91 Å². The van der Waals surface area contributed by atoms with Crippen molar-refractivity contribution in [2.75, 3.05) is 12.1 Å². The van der Waals surface area contributed by atoms with Crippen LogP contribution in [0.1, 0.15) is 5.56 Å². The maximum atomic E-state index is 12.0. The molecule has 0 fully saturated rings. The van der Waals surface area contributed by atoms with Gasteiger partial charge >= 0.3 is 0 Å². The highest BCUT2D eigenvalue weighted by Gasteiger charge is 2.20. The molecule has 0 aromatic heterocycles. The zero-order valence-corrected chi connectivity index (χ0v) is 12.1.